The summed E-state index contributed by atoms with van der Waals surface area (Å²) in [6, 6.07) is 18.4. The summed E-state index contributed by atoms with van der Waals surface area (Å²) in [6.07, 6.45) is 0.155. The lowest BCUT2D eigenvalue weighted by molar-refractivity contribution is -0.155. The largest absolute Gasteiger partial charge is 0.443 e. The fraction of sp³-hybridized carbons (Fsp3) is 0.300. The monoisotopic (exact) mass is 357 g/mol. The molecular formula is C20H23NO5. The second-order valence-electron chi connectivity index (χ2n) is 5.61. The second kappa shape index (κ2) is 11.0. The lowest BCUT2D eigenvalue weighted by Gasteiger charge is -2.27. The van der Waals surface area contributed by atoms with E-state index in [-0.39, 0.29) is 19.6 Å². The van der Waals surface area contributed by atoms with Crippen molar-refractivity contribution in [2.45, 2.75) is 25.7 Å². The molecule has 0 radical (unpaired) electrons. The maximum Gasteiger partial charge on any atom is 0.434 e. The third-order valence-corrected chi connectivity index (χ3v) is 3.70. The first-order valence-electron chi connectivity index (χ1n) is 8.34. The molecule has 0 fully saturated rings. The van der Waals surface area contributed by atoms with Crippen LogP contribution in [0.25, 0.3) is 0 Å². The molecule has 0 unspecified atom stereocenters. The Morgan fingerprint density at radius 3 is 2.12 bits per heavy atom. The minimum absolute atomic E-state index is 0.0864. The summed E-state index contributed by atoms with van der Waals surface area (Å²) in [7, 11) is 1.36. The standard InChI is InChI=1S/C20H23NO5/c1-24-21(20(23)26-15-18-10-6-3-7-11-18)19(12-13-22)16-25-14-17-8-4-2-5-9-17/h2-11,13,19H,12,14-16H2,1H3/t19-/m1/s1. The fourth-order valence-electron chi connectivity index (χ4n) is 2.39. The Hall–Kier alpha value is -2.70. The van der Waals surface area contributed by atoms with Gasteiger partial charge in [-0.2, -0.15) is 5.06 Å². The molecule has 1 amide bonds. The van der Waals surface area contributed by atoms with E-state index in [4.69, 9.17) is 14.3 Å². The molecule has 2 aromatic carbocycles. The first-order chi connectivity index (χ1) is 12.7. The molecule has 0 spiro atoms. The van der Waals surface area contributed by atoms with E-state index in [0.29, 0.717) is 6.61 Å². The lowest BCUT2D eigenvalue weighted by Crippen LogP contribution is -2.42. The van der Waals surface area contributed by atoms with Crippen LogP contribution in [0.3, 0.4) is 0 Å². The molecule has 6 heteroatoms. The predicted molar refractivity (Wildman–Crippen MR) is 96.0 cm³/mol. The van der Waals surface area contributed by atoms with Gasteiger partial charge in [-0.3, -0.25) is 4.84 Å². The van der Waals surface area contributed by atoms with Gasteiger partial charge in [-0.15, -0.1) is 0 Å². The second-order valence-corrected chi connectivity index (χ2v) is 5.61. The SMILES string of the molecule is CON(C(=O)OCc1ccccc1)[C@H](CC=O)COCc1ccccc1. The number of aldehydes is 1. The van der Waals surface area contributed by atoms with E-state index in [1.807, 2.05) is 60.7 Å². The summed E-state index contributed by atoms with van der Waals surface area (Å²) in [5.41, 5.74) is 1.87. The number of rotatable bonds is 10. The van der Waals surface area contributed by atoms with E-state index < -0.39 is 12.1 Å². The molecule has 138 valence electrons. The van der Waals surface area contributed by atoms with Crippen molar-refractivity contribution >= 4 is 12.4 Å². The molecule has 2 rings (SSSR count). The van der Waals surface area contributed by atoms with Gasteiger partial charge in [-0.1, -0.05) is 60.7 Å². The summed E-state index contributed by atoms with van der Waals surface area (Å²) in [5.74, 6) is 0. The minimum atomic E-state index is -0.661. The predicted octanol–water partition coefficient (Wildman–Crippen LogP) is 3.36. The molecule has 0 N–H and O–H groups in total. The van der Waals surface area contributed by atoms with Gasteiger partial charge in [0.1, 0.15) is 12.9 Å². The van der Waals surface area contributed by atoms with Gasteiger partial charge in [0.25, 0.3) is 0 Å². The first kappa shape index (κ1) is 19.6. The van der Waals surface area contributed by atoms with Gasteiger partial charge in [0.2, 0.25) is 0 Å². The molecule has 0 heterocycles. The highest BCUT2D eigenvalue weighted by Crippen LogP contribution is 2.11. The van der Waals surface area contributed by atoms with Gasteiger partial charge in [0, 0.05) is 6.42 Å². The summed E-state index contributed by atoms with van der Waals surface area (Å²) in [4.78, 5) is 28.4. The van der Waals surface area contributed by atoms with Crippen LogP contribution >= 0.6 is 0 Å². The lowest BCUT2D eigenvalue weighted by atomic mass is 10.2. The highest BCUT2D eigenvalue weighted by atomic mass is 16.7. The summed E-state index contributed by atoms with van der Waals surface area (Å²) < 4.78 is 10.9. The van der Waals surface area contributed by atoms with Crippen molar-refractivity contribution in [2.24, 2.45) is 0 Å². The molecule has 0 aliphatic heterocycles. The summed E-state index contributed by atoms with van der Waals surface area (Å²) in [6.45, 7) is 0.660. The van der Waals surface area contributed by atoms with Crippen molar-refractivity contribution in [1.29, 1.82) is 0 Å². The van der Waals surface area contributed by atoms with Gasteiger partial charge >= 0.3 is 6.09 Å². The summed E-state index contributed by atoms with van der Waals surface area (Å²) in [5, 5.41) is 1.04. The Kier molecular flexibility index (Phi) is 8.32. The van der Waals surface area contributed by atoms with Crippen LogP contribution in [0.5, 0.6) is 0 Å². The zero-order valence-corrected chi connectivity index (χ0v) is 14.7. The van der Waals surface area contributed by atoms with E-state index in [0.717, 1.165) is 22.5 Å². The number of amides is 1. The van der Waals surface area contributed by atoms with Crippen LogP contribution in [-0.2, 0) is 32.3 Å². The highest BCUT2D eigenvalue weighted by molar-refractivity contribution is 5.67. The molecule has 0 bridgehead atoms. The normalized spacial score (nSPS) is 11.6. The molecule has 1 atom stereocenters. The van der Waals surface area contributed by atoms with Crippen LogP contribution in [0.2, 0.25) is 0 Å². The summed E-state index contributed by atoms with van der Waals surface area (Å²) >= 11 is 0. The van der Waals surface area contributed by atoms with Crippen molar-refractivity contribution < 1.29 is 23.9 Å². The molecule has 0 aromatic heterocycles. The number of ether oxygens (including phenoxy) is 2. The number of hydrogen-bond acceptors (Lipinski definition) is 5. The number of benzene rings is 2. The van der Waals surface area contributed by atoms with Gasteiger partial charge in [0.15, 0.2) is 0 Å². The minimum Gasteiger partial charge on any atom is -0.443 e. The van der Waals surface area contributed by atoms with Crippen molar-refractivity contribution in [3.63, 3.8) is 0 Å². The van der Waals surface area contributed by atoms with Crippen molar-refractivity contribution in [3.8, 4) is 0 Å². The van der Waals surface area contributed by atoms with E-state index in [2.05, 4.69) is 0 Å². The number of nitrogens with zero attached hydrogens (tertiary/aromatic N) is 1. The zero-order chi connectivity index (χ0) is 18.6. The Bertz CT molecular complexity index is 662. The van der Waals surface area contributed by atoms with Gasteiger partial charge in [0.05, 0.1) is 26.4 Å². The average Bonchev–Trinajstić information content (AvgIpc) is 2.68. The number of hydrogen-bond donors (Lipinski definition) is 0. The number of carbonyl (C=O) groups excluding carboxylic acids is 2. The first-order valence-corrected chi connectivity index (χ1v) is 8.34. The highest BCUT2D eigenvalue weighted by Gasteiger charge is 2.25. The molecule has 6 nitrogen and oxygen atoms in total. The Morgan fingerprint density at radius 1 is 1.00 bits per heavy atom. The molecule has 0 aliphatic rings. The van der Waals surface area contributed by atoms with Crippen LogP contribution in [0.1, 0.15) is 17.5 Å². The fourth-order valence-corrected chi connectivity index (χ4v) is 2.39. The Morgan fingerprint density at radius 2 is 1.58 bits per heavy atom. The smallest absolute Gasteiger partial charge is 0.434 e. The van der Waals surface area contributed by atoms with Crippen molar-refractivity contribution in [3.05, 3.63) is 71.8 Å². The molecule has 2 aromatic rings. The van der Waals surface area contributed by atoms with E-state index in [1.165, 1.54) is 7.11 Å². The molecule has 0 saturated heterocycles. The van der Waals surface area contributed by atoms with Gasteiger partial charge < -0.3 is 14.3 Å². The van der Waals surface area contributed by atoms with E-state index in [9.17, 15) is 9.59 Å². The van der Waals surface area contributed by atoms with E-state index in [1.54, 1.807) is 0 Å². The average molecular weight is 357 g/mol. The van der Waals surface area contributed by atoms with Crippen molar-refractivity contribution in [2.75, 3.05) is 13.7 Å². The van der Waals surface area contributed by atoms with Gasteiger partial charge in [-0.25, -0.2) is 4.79 Å². The zero-order valence-electron chi connectivity index (χ0n) is 14.7. The van der Waals surface area contributed by atoms with Crippen LogP contribution in [-0.4, -0.2) is 37.2 Å². The molecule has 26 heavy (non-hydrogen) atoms. The van der Waals surface area contributed by atoms with Crippen molar-refractivity contribution in [1.82, 2.24) is 5.06 Å². The Balaban J connectivity index is 1.88. The molecular weight excluding hydrogens is 334 g/mol. The maximum atomic E-state index is 12.3. The molecule has 0 aliphatic carbocycles. The number of hydroxylamine groups is 2. The number of carbonyl (C=O) groups is 2. The van der Waals surface area contributed by atoms with Crippen LogP contribution in [0.4, 0.5) is 4.79 Å². The topological polar surface area (TPSA) is 65.1 Å². The quantitative estimate of drug-likeness (QED) is 0.482. The molecule has 0 saturated carbocycles. The van der Waals surface area contributed by atoms with Crippen LogP contribution in [0.15, 0.2) is 60.7 Å². The maximum absolute atomic E-state index is 12.3. The third-order valence-electron chi connectivity index (χ3n) is 3.70. The third kappa shape index (κ3) is 6.31. The van der Waals surface area contributed by atoms with Gasteiger partial charge in [-0.05, 0) is 11.1 Å². The van der Waals surface area contributed by atoms with Crippen LogP contribution < -0.4 is 0 Å². The Labute approximate surface area is 153 Å². The van der Waals surface area contributed by atoms with E-state index >= 15 is 0 Å². The van der Waals surface area contributed by atoms with Crippen LogP contribution in [0, 0.1) is 0 Å².